The third kappa shape index (κ3) is 2.73. The van der Waals surface area contributed by atoms with Crippen LogP contribution in [0.2, 0.25) is 0 Å². The third-order valence-corrected chi connectivity index (χ3v) is 3.15. The molecule has 5 heteroatoms. The highest BCUT2D eigenvalue weighted by Crippen LogP contribution is 2.22. The predicted molar refractivity (Wildman–Crippen MR) is 56.8 cm³/mol. The van der Waals surface area contributed by atoms with Gasteiger partial charge in [0.15, 0.2) is 5.13 Å². The molecular formula is C7H12BrN3S. The fraction of sp³-hybridized carbons (Fsp3) is 0.571. The number of nitrogens with two attached hydrogens (primary N) is 1. The maximum absolute atomic E-state index is 5.41. The van der Waals surface area contributed by atoms with Gasteiger partial charge in [-0.1, -0.05) is 0 Å². The van der Waals surface area contributed by atoms with Crippen LogP contribution in [-0.4, -0.2) is 25.1 Å². The van der Waals surface area contributed by atoms with E-state index in [9.17, 15) is 0 Å². The molecule has 0 aromatic carbocycles. The predicted octanol–water partition coefficient (Wildman–Crippen LogP) is 1.69. The van der Waals surface area contributed by atoms with E-state index in [0.29, 0.717) is 0 Å². The smallest absolute Gasteiger partial charge is 0.186 e. The first-order chi connectivity index (χ1) is 5.74. The number of thiazole rings is 1. The highest BCUT2D eigenvalue weighted by molar-refractivity contribution is 9.10. The molecule has 0 bridgehead atoms. The van der Waals surface area contributed by atoms with E-state index in [2.05, 4.69) is 25.8 Å². The number of aromatic nitrogens is 1. The minimum Gasteiger partial charge on any atom is -0.351 e. The second kappa shape index (κ2) is 4.79. The Morgan fingerprint density at radius 3 is 3.00 bits per heavy atom. The lowest BCUT2D eigenvalue weighted by molar-refractivity contribution is 0.792. The van der Waals surface area contributed by atoms with Gasteiger partial charge in [-0.2, -0.15) is 0 Å². The second-order valence-electron chi connectivity index (χ2n) is 2.52. The molecule has 0 saturated carbocycles. The van der Waals surface area contributed by atoms with E-state index in [4.69, 9.17) is 5.73 Å². The van der Waals surface area contributed by atoms with Gasteiger partial charge in [-0.15, -0.1) is 11.3 Å². The molecule has 1 rings (SSSR count). The molecule has 0 aliphatic carbocycles. The van der Waals surface area contributed by atoms with Crippen LogP contribution in [-0.2, 0) is 0 Å². The largest absolute Gasteiger partial charge is 0.351 e. The lowest BCUT2D eigenvalue weighted by atomic mass is 10.4. The quantitative estimate of drug-likeness (QED) is 0.884. The number of nitrogens with zero attached hydrogens (tertiary/aromatic N) is 2. The highest BCUT2D eigenvalue weighted by atomic mass is 79.9. The summed E-state index contributed by atoms with van der Waals surface area (Å²) in [5, 5.41) is 3.02. The van der Waals surface area contributed by atoms with E-state index in [1.165, 1.54) is 0 Å². The summed E-state index contributed by atoms with van der Waals surface area (Å²) < 4.78 is 0.905. The number of anilines is 1. The van der Waals surface area contributed by atoms with Crippen molar-refractivity contribution in [3.63, 3.8) is 0 Å². The van der Waals surface area contributed by atoms with Crippen LogP contribution < -0.4 is 10.6 Å². The molecule has 3 nitrogen and oxygen atoms in total. The fourth-order valence-corrected chi connectivity index (χ4v) is 2.09. The first kappa shape index (κ1) is 9.95. The Hall–Kier alpha value is -0.130. The van der Waals surface area contributed by atoms with E-state index < -0.39 is 0 Å². The second-order valence-corrected chi connectivity index (χ2v) is 4.17. The van der Waals surface area contributed by atoms with Gasteiger partial charge in [0.1, 0.15) is 4.60 Å². The van der Waals surface area contributed by atoms with Crippen LogP contribution in [0.3, 0.4) is 0 Å². The van der Waals surface area contributed by atoms with E-state index in [0.717, 1.165) is 29.2 Å². The zero-order chi connectivity index (χ0) is 8.97. The Balaban J connectivity index is 2.47. The molecule has 1 aromatic heterocycles. The Morgan fingerprint density at radius 2 is 2.50 bits per heavy atom. The Kier molecular flexibility index (Phi) is 3.97. The van der Waals surface area contributed by atoms with Crippen molar-refractivity contribution < 1.29 is 0 Å². The van der Waals surface area contributed by atoms with Crippen molar-refractivity contribution in [3.05, 3.63) is 9.98 Å². The SMILES string of the molecule is CN(CCCN)c1nc(Br)cs1. The summed E-state index contributed by atoms with van der Waals surface area (Å²) >= 11 is 4.95. The summed E-state index contributed by atoms with van der Waals surface area (Å²) in [6, 6.07) is 0. The standard InChI is InChI=1S/C7H12BrN3S/c1-11(4-2-3-9)7-10-6(8)5-12-7/h5H,2-4,9H2,1H3. The van der Waals surface area contributed by atoms with Gasteiger partial charge in [0, 0.05) is 19.0 Å². The number of hydrogen-bond donors (Lipinski definition) is 1. The molecule has 0 aliphatic heterocycles. The van der Waals surface area contributed by atoms with Gasteiger partial charge in [0.25, 0.3) is 0 Å². The first-order valence-corrected chi connectivity index (χ1v) is 5.43. The van der Waals surface area contributed by atoms with Crippen LogP contribution in [0.5, 0.6) is 0 Å². The molecule has 0 saturated heterocycles. The Morgan fingerprint density at radius 1 is 1.75 bits per heavy atom. The average Bonchev–Trinajstić information content (AvgIpc) is 2.47. The van der Waals surface area contributed by atoms with Gasteiger partial charge in [0.2, 0.25) is 0 Å². The monoisotopic (exact) mass is 249 g/mol. The van der Waals surface area contributed by atoms with Crippen molar-refractivity contribution in [3.8, 4) is 0 Å². The minimum atomic E-state index is 0.733. The summed E-state index contributed by atoms with van der Waals surface area (Å²) in [5.41, 5.74) is 5.41. The number of halogens is 1. The number of rotatable bonds is 4. The Labute approximate surface area is 84.7 Å². The van der Waals surface area contributed by atoms with Gasteiger partial charge >= 0.3 is 0 Å². The first-order valence-electron chi connectivity index (χ1n) is 3.76. The maximum atomic E-state index is 5.41. The molecule has 0 spiro atoms. The van der Waals surface area contributed by atoms with Crippen molar-refractivity contribution in [2.75, 3.05) is 25.0 Å². The van der Waals surface area contributed by atoms with Crippen LogP contribution in [0, 0.1) is 0 Å². The van der Waals surface area contributed by atoms with Gasteiger partial charge in [-0.3, -0.25) is 0 Å². The molecule has 1 aromatic rings. The topological polar surface area (TPSA) is 42.1 Å². The molecule has 0 unspecified atom stereocenters. The van der Waals surface area contributed by atoms with Crippen LogP contribution >= 0.6 is 27.3 Å². The fourth-order valence-electron chi connectivity index (χ4n) is 0.845. The lowest BCUT2D eigenvalue weighted by Gasteiger charge is -2.14. The third-order valence-electron chi connectivity index (χ3n) is 1.49. The van der Waals surface area contributed by atoms with Crippen molar-refractivity contribution in [2.24, 2.45) is 5.73 Å². The average molecular weight is 250 g/mol. The van der Waals surface area contributed by atoms with E-state index in [1.54, 1.807) is 11.3 Å². The molecule has 0 fully saturated rings. The molecule has 2 N–H and O–H groups in total. The summed E-state index contributed by atoms with van der Waals surface area (Å²) in [7, 11) is 2.03. The van der Waals surface area contributed by atoms with Crippen molar-refractivity contribution in [1.82, 2.24) is 4.98 Å². The van der Waals surface area contributed by atoms with E-state index in [-0.39, 0.29) is 0 Å². The van der Waals surface area contributed by atoms with Crippen LogP contribution in [0.1, 0.15) is 6.42 Å². The maximum Gasteiger partial charge on any atom is 0.186 e. The van der Waals surface area contributed by atoms with Gasteiger partial charge in [-0.05, 0) is 28.9 Å². The highest BCUT2D eigenvalue weighted by Gasteiger charge is 2.03. The molecule has 0 aliphatic rings. The number of hydrogen-bond acceptors (Lipinski definition) is 4. The summed E-state index contributed by atoms with van der Waals surface area (Å²) in [6.07, 6.45) is 1.01. The zero-order valence-corrected chi connectivity index (χ0v) is 9.36. The Bertz CT molecular complexity index is 238. The zero-order valence-electron chi connectivity index (χ0n) is 6.96. The van der Waals surface area contributed by atoms with Gasteiger partial charge in [-0.25, -0.2) is 4.98 Å². The van der Waals surface area contributed by atoms with Crippen LogP contribution in [0.15, 0.2) is 9.98 Å². The molecule has 0 amide bonds. The summed E-state index contributed by atoms with van der Waals surface area (Å²) in [6.45, 7) is 1.70. The normalized spacial score (nSPS) is 10.2. The molecule has 0 radical (unpaired) electrons. The van der Waals surface area contributed by atoms with Gasteiger partial charge < -0.3 is 10.6 Å². The van der Waals surface area contributed by atoms with Crippen LogP contribution in [0.4, 0.5) is 5.13 Å². The lowest BCUT2D eigenvalue weighted by Crippen LogP contribution is -2.20. The van der Waals surface area contributed by atoms with E-state index in [1.807, 2.05) is 12.4 Å². The summed E-state index contributed by atoms with van der Waals surface area (Å²) in [5.74, 6) is 0. The van der Waals surface area contributed by atoms with Gasteiger partial charge in [0.05, 0.1) is 0 Å². The van der Waals surface area contributed by atoms with Crippen LogP contribution in [0.25, 0.3) is 0 Å². The van der Waals surface area contributed by atoms with E-state index >= 15 is 0 Å². The molecule has 1 heterocycles. The summed E-state index contributed by atoms with van der Waals surface area (Å²) in [4.78, 5) is 6.40. The molecule has 68 valence electrons. The molecule has 0 atom stereocenters. The minimum absolute atomic E-state index is 0.733. The van der Waals surface area contributed by atoms with Crippen molar-refractivity contribution >= 4 is 32.4 Å². The van der Waals surface area contributed by atoms with Crippen molar-refractivity contribution in [2.45, 2.75) is 6.42 Å². The van der Waals surface area contributed by atoms with Crippen molar-refractivity contribution in [1.29, 1.82) is 0 Å². The molecular weight excluding hydrogens is 238 g/mol. The molecule has 12 heavy (non-hydrogen) atoms.